The van der Waals surface area contributed by atoms with Crippen molar-refractivity contribution in [3.8, 4) is 0 Å². The van der Waals surface area contributed by atoms with E-state index in [1.54, 1.807) is 0 Å². The van der Waals surface area contributed by atoms with E-state index in [0.717, 1.165) is 18.6 Å². The third kappa shape index (κ3) is 5.19. The van der Waals surface area contributed by atoms with Gasteiger partial charge in [0.1, 0.15) is 0 Å². The predicted molar refractivity (Wildman–Crippen MR) is 77.7 cm³/mol. The Balaban J connectivity index is 2.32. The van der Waals surface area contributed by atoms with Crippen molar-refractivity contribution < 1.29 is 4.74 Å². The van der Waals surface area contributed by atoms with Crippen molar-refractivity contribution >= 4 is 0 Å². The minimum Gasteiger partial charge on any atom is -0.377 e. The summed E-state index contributed by atoms with van der Waals surface area (Å²) in [5.74, 6) is 0. The van der Waals surface area contributed by atoms with Gasteiger partial charge in [0.15, 0.2) is 0 Å². The lowest BCUT2D eigenvalue weighted by molar-refractivity contribution is 0.0455. The maximum atomic E-state index is 6.20. The van der Waals surface area contributed by atoms with Crippen LogP contribution in [-0.4, -0.2) is 12.7 Å². The fourth-order valence-corrected chi connectivity index (χ4v) is 1.96. The molecule has 1 aromatic carbocycles. The molecule has 0 aliphatic rings. The van der Waals surface area contributed by atoms with Gasteiger partial charge in [-0.15, -0.1) is 0 Å². The molecule has 1 aromatic rings. The van der Waals surface area contributed by atoms with Crippen molar-refractivity contribution in [1.29, 1.82) is 0 Å². The smallest absolute Gasteiger partial charge is 0.0739 e. The van der Waals surface area contributed by atoms with Crippen LogP contribution in [0.3, 0.4) is 0 Å². The van der Waals surface area contributed by atoms with E-state index in [4.69, 9.17) is 10.5 Å². The van der Waals surface area contributed by atoms with Gasteiger partial charge in [-0.2, -0.15) is 0 Å². The Labute approximate surface area is 112 Å². The monoisotopic (exact) mass is 249 g/mol. The van der Waals surface area contributed by atoms with Crippen LogP contribution in [0.1, 0.15) is 56.7 Å². The number of hydrogen-bond acceptors (Lipinski definition) is 2. The van der Waals surface area contributed by atoms with Crippen molar-refractivity contribution in [2.45, 2.75) is 58.6 Å². The normalized spacial score (nSPS) is 14.4. The Morgan fingerprint density at radius 1 is 1.11 bits per heavy atom. The Hall–Kier alpha value is -0.860. The quantitative estimate of drug-likeness (QED) is 0.707. The first-order valence-corrected chi connectivity index (χ1v) is 7.09. The van der Waals surface area contributed by atoms with E-state index >= 15 is 0 Å². The fraction of sp³-hybridized carbons (Fsp3) is 0.625. The summed E-state index contributed by atoms with van der Waals surface area (Å²) in [6.07, 6.45) is 5.02. The zero-order valence-corrected chi connectivity index (χ0v) is 12.0. The molecule has 0 amide bonds. The second kappa shape index (κ2) is 8.28. The molecule has 0 aliphatic heterocycles. The highest BCUT2D eigenvalue weighted by Gasteiger charge is 2.14. The van der Waals surface area contributed by atoms with Crippen LogP contribution >= 0.6 is 0 Å². The molecule has 2 atom stereocenters. The first-order valence-electron chi connectivity index (χ1n) is 7.09. The van der Waals surface area contributed by atoms with Crippen LogP contribution in [0.25, 0.3) is 0 Å². The SMILES string of the molecule is CCCCCCOC(C)C(N)c1ccc(C)cc1. The second-order valence-corrected chi connectivity index (χ2v) is 5.07. The number of benzene rings is 1. The second-order valence-electron chi connectivity index (χ2n) is 5.07. The van der Waals surface area contributed by atoms with Gasteiger partial charge in [-0.25, -0.2) is 0 Å². The zero-order valence-electron chi connectivity index (χ0n) is 12.0. The van der Waals surface area contributed by atoms with Crippen molar-refractivity contribution in [3.63, 3.8) is 0 Å². The number of nitrogens with two attached hydrogens (primary N) is 1. The molecule has 0 spiro atoms. The molecule has 2 nitrogen and oxygen atoms in total. The zero-order chi connectivity index (χ0) is 13.4. The van der Waals surface area contributed by atoms with Crippen LogP contribution in [0.2, 0.25) is 0 Å². The summed E-state index contributed by atoms with van der Waals surface area (Å²) in [7, 11) is 0. The molecule has 2 heteroatoms. The third-order valence-corrected chi connectivity index (χ3v) is 3.35. The van der Waals surface area contributed by atoms with Crippen LogP contribution in [0.4, 0.5) is 0 Å². The average Bonchev–Trinajstić information content (AvgIpc) is 2.38. The van der Waals surface area contributed by atoms with Crippen molar-refractivity contribution in [1.82, 2.24) is 0 Å². The first kappa shape index (κ1) is 15.2. The minimum absolute atomic E-state index is 0.0308. The van der Waals surface area contributed by atoms with Gasteiger partial charge >= 0.3 is 0 Å². The molecule has 0 bridgehead atoms. The first-order chi connectivity index (χ1) is 8.65. The molecule has 1 rings (SSSR count). The fourth-order valence-electron chi connectivity index (χ4n) is 1.96. The largest absolute Gasteiger partial charge is 0.377 e. The standard InChI is InChI=1S/C16H27NO/c1-4-5-6-7-12-18-14(3)16(17)15-10-8-13(2)9-11-15/h8-11,14,16H,4-7,12,17H2,1-3H3. The maximum Gasteiger partial charge on any atom is 0.0739 e. The molecule has 102 valence electrons. The highest BCUT2D eigenvalue weighted by molar-refractivity contribution is 5.24. The Kier molecular flexibility index (Phi) is 6.99. The number of ether oxygens (including phenoxy) is 1. The highest BCUT2D eigenvalue weighted by Crippen LogP contribution is 2.17. The third-order valence-electron chi connectivity index (χ3n) is 3.35. The van der Waals surface area contributed by atoms with Gasteiger partial charge in [-0.3, -0.25) is 0 Å². The summed E-state index contributed by atoms with van der Waals surface area (Å²) >= 11 is 0. The van der Waals surface area contributed by atoms with E-state index in [2.05, 4.69) is 45.0 Å². The molecule has 18 heavy (non-hydrogen) atoms. The molecular weight excluding hydrogens is 222 g/mol. The highest BCUT2D eigenvalue weighted by atomic mass is 16.5. The van der Waals surface area contributed by atoms with E-state index in [1.807, 2.05) is 0 Å². The van der Waals surface area contributed by atoms with Gasteiger partial charge in [-0.05, 0) is 25.8 Å². The summed E-state index contributed by atoms with van der Waals surface area (Å²) in [5, 5.41) is 0. The lowest BCUT2D eigenvalue weighted by atomic mass is 10.0. The van der Waals surface area contributed by atoms with Gasteiger partial charge in [0, 0.05) is 6.61 Å². The van der Waals surface area contributed by atoms with E-state index in [-0.39, 0.29) is 12.1 Å². The van der Waals surface area contributed by atoms with Crippen LogP contribution in [-0.2, 0) is 4.74 Å². The van der Waals surface area contributed by atoms with Crippen LogP contribution in [0.15, 0.2) is 24.3 Å². The Morgan fingerprint density at radius 2 is 1.78 bits per heavy atom. The van der Waals surface area contributed by atoms with Crippen LogP contribution < -0.4 is 5.73 Å². The van der Waals surface area contributed by atoms with E-state index in [1.165, 1.54) is 24.8 Å². The number of aryl methyl sites for hydroxylation is 1. The minimum atomic E-state index is -0.0308. The van der Waals surface area contributed by atoms with E-state index in [0.29, 0.717) is 0 Å². The van der Waals surface area contributed by atoms with Crippen molar-refractivity contribution in [2.24, 2.45) is 5.73 Å². The predicted octanol–water partition coefficient (Wildman–Crippen LogP) is 3.98. The van der Waals surface area contributed by atoms with Crippen molar-refractivity contribution in [2.75, 3.05) is 6.61 Å². The average molecular weight is 249 g/mol. The lowest BCUT2D eigenvalue weighted by Crippen LogP contribution is -2.26. The summed E-state index contributed by atoms with van der Waals surface area (Å²) in [5.41, 5.74) is 8.62. The van der Waals surface area contributed by atoms with Gasteiger partial charge in [0.2, 0.25) is 0 Å². The van der Waals surface area contributed by atoms with Gasteiger partial charge in [0.05, 0.1) is 12.1 Å². The number of rotatable bonds is 8. The molecule has 2 unspecified atom stereocenters. The summed E-state index contributed by atoms with van der Waals surface area (Å²) in [6.45, 7) is 7.19. The molecule has 0 radical (unpaired) electrons. The maximum absolute atomic E-state index is 6.20. The lowest BCUT2D eigenvalue weighted by Gasteiger charge is -2.21. The van der Waals surface area contributed by atoms with Gasteiger partial charge in [0.25, 0.3) is 0 Å². The summed E-state index contributed by atoms with van der Waals surface area (Å²) < 4.78 is 5.81. The number of unbranched alkanes of at least 4 members (excludes halogenated alkanes) is 3. The summed E-state index contributed by atoms with van der Waals surface area (Å²) in [4.78, 5) is 0. The summed E-state index contributed by atoms with van der Waals surface area (Å²) in [6, 6.07) is 8.36. The van der Waals surface area contributed by atoms with E-state index < -0.39 is 0 Å². The molecule has 0 heterocycles. The molecular formula is C16H27NO. The topological polar surface area (TPSA) is 35.2 Å². The molecule has 0 saturated carbocycles. The van der Waals surface area contributed by atoms with E-state index in [9.17, 15) is 0 Å². The molecule has 0 saturated heterocycles. The molecule has 2 N–H and O–H groups in total. The molecule has 0 fully saturated rings. The Bertz CT molecular complexity index is 320. The molecule has 0 aromatic heterocycles. The number of hydrogen-bond donors (Lipinski definition) is 1. The van der Waals surface area contributed by atoms with Gasteiger partial charge in [-0.1, -0.05) is 56.0 Å². The van der Waals surface area contributed by atoms with Crippen LogP contribution in [0, 0.1) is 6.92 Å². The molecule has 0 aliphatic carbocycles. The van der Waals surface area contributed by atoms with Crippen molar-refractivity contribution in [3.05, 3.63) is 35.4 Å². The Morgan fingerprint density at radius 3 is 2.39 bits per heavy atom. The van der Waals surface area contributed by atoms with Crippen LogP contribution in [0.5, 0.6) is 0 Å². The van der Waals surface area contributed by atoms with Gasteiger partial charge < -0.3 is 10.5 Å².